The zero-order valence-corrected chi connectivity index (χ0v) is 12.5. The normalized spacial score (nSPS) is 11.2. The Hall–Kier alpha value is -1.83. The number of esters is 1. The van der Waals surface area contributed by atoms with Gasteiger partial charge in [-0.05, 0) is 38.7 Å². The average Bonchev–Trinajstić information content (AvgIpc) is 2.42. The van der Waals surface area contributed by atoms with Gasteiger partial charge in [-0.1, -0.05) is 47.6 Å². The van der Waals surface area contributed by atoms with Crippen molar-refractivity contribution >= 4 is 5.97 Å². The molecule has 2 nitrogen and oxygen atoms in total. The summed E-state index contributed by atoms with van der Waals surface area (Å²) >= 11 is 0. The van der Waals surface area contributed by atoms with E-state index in [1.165, 1.54) is 11.1 Å². The molecule has 0 unspecified atom stereocenters. The van der Waals surface area contributed by atoms with Crippen LogP contribution in [-0.4, -0.2) is 12.6 Å². The summed E-state index contributed by atoms with van der Waals surface area (Å²) in [5.41, 5.74) is 3.52. The van der Waals surface area contributed by atoms with E-state index in [1.54, 1.807) is 0 Å². The van der Waals surface area contributed by atoms with Crippen molar-refractivity contribution in [2.75, 3.05) is 6.61 Å². The Morgan fingerprint density at radius 1 is 1.20 bits per heavy atom. The summed E-state index contributed by atoms with van der Waals surface area (Å²) < 4.78 is 5.22. The summed E-state index contributed by atoms with van der Waals surface area (Å²) in [6.45, 7) is 8.49. The molecule has 2 heteroatoms. The topological polar surface area (TPSA) is 26.3 Å². The van der Waals surface area contributed by atoms with Crippen LogP contribution in [-0.2, 0) is 16.0 Å². The number of carbonyl (C=O) groups is 1. The van der Waals surface area contributed by atoms with Crippen molar-refractivity contribution in [3.8, 4) is 0 Å². The molecule has 0 fully saturated rings. The number of carbonyl (C=O) groups excluding carboxylic acids is 1. The third-order valence-electron chi connectivity index (χ3n) is 3.01. The first-order valence-electron chi connectivity index (χ1n) is 7.07. The maximum Gasteiger partial charge on any atom is 0.310 e. The van der Waals surface area contributed by atoms with Gasteiger partial charge in [-0.2, -0.15) is 0 Å². The van der Waals surface area contributed by atoms with Crippen LogP contribution in [0, 0.1) is 0 Å². The molecule has 0 saturated heterocycles. The summed E-state index contributed by atoms with van der Waals surface area (Å²) in [6, 6.07) is 9.66. The largest absolute Gasteiger partial charge is 0.465 e. The lowest BCUT2D eigenvalue weighted by Crippen LogP contribution is -2.08. The van der Waals surface area contributed by atoms with E-state index >= 15 is 0 Å². The summed E-state index contributed by atoms with van der Waals surface area (Å²) in [5.74, 6) is -0.163. The molecule has 0 heterocycles. The molecule has 0 bridgehead atoms. The summed E-state index contributed by atoms with van der Waals surface area (Å²) in [5, 5.41) is 0. The number of hydrogen-bond donors (Lipinski definition) is 0. The van der Waals surface area contributed by atoms with E-state index in [-0.39, 0.29) is 5.97 Å². The Labute approximate surface area is 122 Å². The minimum atomic E-state index is -0.163. The van der Waals surface area contributed by atoms with Crippen LogP contribution in [0.4, 0.5) is 0 Å². The van der Waals surface area contributed by atoms with Crippen molar-refractivity contribution < 1.29 is 9.53 Å². The van der Waals surface area contributed by atoms with Crippen LogP contribution in [0.1, 0.15) is 38.7 Å². The molecule has 20 heavy (non-hydrogen) atoms. The number of rotatable bonds is 8. The zero-order valence-electron chi connectivity index (χ0n) is 12.5. The van der Waals surface area contributed by atoms with Crippen LogP contribution in [0.25, 0.3) is 0 Å². The molecule has 0 radical (unpaired) electrons. The first-order chi connectivity index (χ1) is 9.58. The summed E-state index contributed by atoms with van der Waals surface area (Å²) in [4.78, 5) is 11.6. The van der Waals surface area contributed by atoms with E-state index in [0.29, 0.717) is 13.0 Å². The van der Waals surface area contributed by atoms with Gasteiger partial charge in [-0.3, -0.25) is 4.79 Å². The Morgan fingerprint density at radius 3 is 2.55 bits per heavy atom. The molecule has 1 rings (SSSR count). The number of hydrogen-bond acceptors (Lipinski definition) is 2. The minimum absolute atomic E-state index is 0.163. The molecule has 0 spiro atoms. The summed E-state index contributed by atoms with van der Waals surface area (Å²) in [7, 11) is 0. The third kappa shape index (κ3) is 7.57. The Kier molecular flexibility index (Phi) is 7.41. The second kappa shape index (κ2) is 9.13. The predicted molar refractivity (Wildman–Crippen MR) is 83.5 cm³/mol. The highest BCUT2D eigenvalue weighted by Gasteiger charge is 2.03. The maximum atomic E-state index is 11.6. The number of benzene rings is 1. The molecule has 0 amide bonds. The lowest BCUT2D eigenvalue weighted by Gasteiger charge is -2.04. The molecule has 0 aliphatic carbocycles. The fraction of sp³-hybridized carbons (Fsp3) is 0.389. The van der Waals surface area contributed by atoms with Gasteiger partial charge >= 0.3 is 5.97 Å². The van der Waals surface area contributed by atoms with Gasteiger partial charge in [0, 0.05) is 0 Å². The van der Waals surface area contributed by atoms with Gasteiger partial charge in [0.25, 0.3) is 0 Å². The first kappa shape index (κ1) is 16.2. The fourth-order valence-corrected chi connectivity index (χ4v) is 1.80. The fourth-order valence-electron chi connectivity index (χ4n) is 1.80. The van der Waals surface area contributed by atoms with E-state index in [0.717, 1.165) is 24.8 Å². The molecule has 0 aliphatic rings. The second-order valence-electron chi connectivity index (χ2n) is 5.18. The van der Waals surface area contributed by atoms with E-state index in [2.05, 4.69) is 19.6 Å². The molecule has 0 atom stereocenters. The standard InChI is InChI=1S/C18H24O2/c1-15(2)11-12-16(3)8-7-13-20-18(19)14-17-9-5-4-6-10-17/h4-6,8-10H,1,7,11-14H2,2-3H3/b16-8+. The van der Waals surface area contributed by atoms with Crippen molar-refractivity contribution in [3.63, 3.8) is 0 Å². The van der Waals surface area contributed by atoms with Crippen molar-refractivity contribution in [1.29, 1.82) is 0 Å². The van der Waals surface area contributed by atoms with E-state index < -0.39 is 0 Å². The monoisotopic (exact) mass is 272 g/mol. The molecule has 1 aromatic rings. The molecular weight excluding hydrogens is 248 g/mol. The van der Waals surface area contributed by atoms with Crippen LogP contribution in [0.5, 0.6) is 0 Å². The Morgan fingerprint density at radius 2 is 1.90 bits per heavy atom. The lowest BCUT2D eigenvalue weighted by atomic mass is 10.1. The van der Waals surface area contributed by atoms with Crippen molar-refractivity contribution in [3.05, 3.63) is 59.7 Å². The molecule has 0 aromatic heterocycles. The quantitative estimate of drug-likeness (QED) is 0.396. The molecule has 0 aliphatic heterocycles. The van der Waals surface area contributed by atoms with Crippen LogP contribution in [0.3, 0.4) is 0 Å². The SMILES string of the molecule is C=C(C)CC/C(C)=C/CCOC(=O)Cc1ccccc1. The Balaban J connectivity index is 2.19. The molecule has 0 N–H and O–H groups in total. The van der Waals surface area contributed by atoms with E-state index in [9.17, 15) is 4.79 Å². The van der Waals surface area contributed by atoms with Crippen LogP contribution >= 0.6 is 0 Å². The average molecular weight is 272 g/mol. The molecule has 1 aromatic carbocycles. The molecule has 0 saturated carbocycles. The maximum absolute atomic E-state index is 11.6. The van der Waals surface area contributed by atoms with Gasteiger partial charge in [0.05, 0.1) is 13.0 Å². The van der Waals surface area contributed by atoms with Crippen LogP contribution in [0.15, 0.2) is 54.1 Å². The van der Waals surface area contributed by atoms with Gasteiger partial charge in [0.15, 0.2) is 0 Å². The van der Waals surface area contributed by atoms with Gasteiger partial charge in [0.1, 0.15) is 0 Å². The first-order valence-corrected chi connectivity index (χ1v) is 7.07. The van der Waals surface area contributed by atoms with Gasteiger partial charge in [-0.25, -0.2) is 0 Å². The highest BCUT2D eigenvalue weighted by molar-refractivity contribution is 5.72. The van der Waals surface area contributed by atoms with Gasteiger partial charge < -0.3 is 4.74 Å². The van der Waals surface area contributed by atoms with Crippen LogP contribution in [0.2, 0.25) is 0 Å². The molecule has 108 valence electrons. The van der Waals surface area contributed by atoms with Crippen molar-refractivity contribution in [1.82, 2.24) is 0 Å². The zero-order chi connectivity index (χ0) is 14.8. The number of allylic oxidation sites excluding steroid dienone is 2. The minimum Gasteiger partial charge on any atom is -0.465 e. The van der Waals surface area contributed by atoms with E-state index in [4.69, 9.17) is 4.74 Å². The van der Waals surface area contributed by atoms with Crippen LogP contribution < -0.4 is 0 Å². The Bertz CT molecular complexity index is 458. The van der Waals surface area contributed by atoms with E-state index in [1.807, 2.05) is 37.3 Å². The molecular formula is C18H24O2. The van der Waals surface area contributed by atoms with Crippen molar-refractivity contribution in [2.45, 2.75) is 39.5 Å². The van der Waals surface area contributed by atoms with Gasteiger partial charge in [0.2, 0.25) is 0 Å². The highest BCUT2D eigenvalue weighted by Crippen LogP contribution is 2.10. The second-order valence-corrected chi connectivity index (χ2v) is 5.18. The predicted octanol–water partition coefficient (Wildman–Crippen LogP) is 4.47. The van der Waals surface area contributed by atoms with Crippen molar-refractivity contribution in [2.24, 2.45) is 0 Å². The number of ether oxygens (including phenoxy) is 1. The lowest BCUT2D eigenvalue weighted by molar-refractivity contribution is -0.142. The third-order valence-corrected chi connectivity index (χ3v) is 3.01. The smallest absolute Gasteiger partial charge is 0.310 e. The van der Waals surface area contributed by atoms with Gasteiger partial charge in [-0.15, -0.1) is 6.58 Å². The highest BCUT2D eigenvalue weighted by atomic mass is 16.5. The summed E-state index contributed by atoms with van der Waals surface area (Å²) in [6.07, 6.45) is 5.32.